The summed E-state index contributed by atoms with van der Waals surface area (Å²) in [5.41, 5.74) is 8.03. The van der Waals surface area contributed by atoms with Gasteiger partial charge in [0.2, 0.25) is 0 Å². The maximum Gasteiger partial charge on any atom is 0.171 e. The molecule has 2 aliphatic heterocycles. The van der Waals surface area contributed by atoms with E-state index in [-0.39, 0.29) is 0 Å². The molecule has 4 rings (SSSR count). The van der Waals surface area contributed by atoms with Crippen molar-refractivity contribution in [1.82, 2.24) is 30.2 Å². The molecule has 0 atom stereocenters. The number of nitrogens with one attached hydrogen (secondary N) is 2. The molecule has 4 heterocycles. The van der Waals surface area contributed by atoms with Crippen LogP contribution in [0.5, 0.6) is 0 Å². The van der Waals surface area contributed by atoms with E-state index in [0.717, 1.165) is 11.5 Å². The molecule has 0 saturated carbocycles. The third-order valence-electron chi connectivity index (χ3n) is 3.58. The lowest BCUT2D eigenvalue weighted by Gasteiger charge is -2.13. The number of rotatable bonds is 2. The Morgan fingerprint density at radius 1 is 0.875 bits per heavy atom. The molecule has 2 aliphatic rings. The standard InChI is InChI=1S/C17H15N7/c18-15-14-17(22-11-21-15)24(13-8-4-2-6-10-20-13)16(23-14)12-7-3-1-5-9-19-12/h1-11,19-20H,(H2,18,21,22). The Balaban J connectivity index is 1.98. The number of fused-ring (bicyclic) bond motifs is 1. The predicted octanol–water partition coefficient (Wildman–Crippen LogP) is 1.89. The first kappa shape index (κ1) is 14.0. The van der Waals surface area contributed by atoms with Gasteiger partial charge in [-0.2, -0.15) is 0 Å². The van der Waals surface area contributed by atoms with Crippen LogP contribution in [-0.4, -0.2) is 19.5 Å². The Morgan fingerprint density at radius 3 is 2.54 bits per heavy atom. The highest BCUT2D eigenvalue weighted by Gasteiger charge is 2.20. The van der Waals surface area contributed by atoms with Gasteiger partial charge in [0.05, 0.1) is 5.70 Å². The number of hydrogen-bond acceptors (Lipinski definition) is 6. The normalized spacial score (nSPS) is 16.2. The summed E-state index contributed by atoms with van der Waals surface area (Å²) in [6, 6.07) is 0. The van der Waals surface area contributed by atoms with Gasteiger partial charge in [0.15, 0.2) is 22.8 Å². The quantitative estimate of drug-likeness (QED) is 0.783. The minimum atomic E-state index is 0.348. The average molecular weight is 317 g/mol. The van der Waals surface area contributed by atoms with E-state index in [9.17, 15) is 0 Å². The first-order valence-electron chi connectivity index (χ1n) is 7.44. The Kier molecular flexibility index (Phi) is 3.43. The van der Waals surface area contributed by atoms with Crippen molar-refractivity contribution in [2.75, 3.05) is 5.73 Å². The molecule has 0 bridgehead atoms. The molecule has 7 nitrogen and oxygen atoms in total. The van der Waals surface area contributed by atoms with E-state index in [1.165, 1.54) is 6.33 Å². The van der Waals surface area contributed by atoms with Gasteiger partial charge in [-0.1, -0.05) is 24.3 Å². The Bertz CT molecular complexity index is 970. The van der Waals surface area contributed by atoms with Gasteiger partial charge in [0, 0.05) is 12.4 Å². The van der Waals surface area contributed by atoms with Crippen molar-refractivity contribution in [2.24, 2.45) is 0 Å². The smallest absolute Gasteiger partial charge is 0.171 e. The van der Waals surface area contributed by atoms with Gasteiger partial charge >= 0.3 is 0 Å². The van der Waals surface area contributed by atoms with Crippen LogP contribution in [0.1, 0.15) is 5.82 Å². The van der Waals surface area contributed by atoms with Gasteiger partial charge in [0.1, 0.15) is 12.1 Å². The average Bonchev–Trinajstić information content (AvgIpc) is 2.82. The first-order valence-corrected chi connectivity index (χ1v) is 7.44. The zero-order valence-electron chi connectivity index (χ0n) is 12.7. The molecule has 7 heteroatoms. The molecule has 0 spiro atoms. The lowest BCUT2D eigenvalue weighted by Crippen LogP contribution is -2.16. The van der Waals surface area contributed by atoms with Crippen molar-refractivity contribution in [3.05, 3.63) is 73.2 Å². The molecule has 2 aromatic rings. The zero-order valence-corrected chi connectivity index (χ0v) is 12.7. The molecule has 0 aliphatic carbocycles. The monoisotopic (exact) mass is 317 g/mol. The second kappa shape index (κ2) is 5.88. The third-order valence-corrected chi connectivity index (χ3v) is 3.58. The highest BCUT2D eigenvalue weighted by Crippen LogP contribution is 2.25. The number of aromatic nitrogens is 4. The molecule has 2 aromatic heterocycles. The first-order chi connectivity index (χ1) is 11.8. The summed E-state index contributed by atoms with van der Waals surface area (Å²) in [6.45, 7) is 0. The Morgan fingerprint density at radius 2 is 1.67 bits per heavy atom. The second-order valence-electron chi connectivity index (χ2n) is 5.11. The maximum absolute atomic E-state index is 6.00. The van der Waals surface area contributed by atoms with Crippen LogP contribution in [0.15, 0.2) is 67.3 Å². The van der Waals surface area contributed by atoms with Crippen molar-refractivity contribution in [2.45, 2.75) is 0 Å². The second-order valence-corrected chi connectivity index (χ2v) is 5.11. The number of anilines is 1. The van der Waals surface area contributed by atoms with Gasteiger partial charge in [0.25, 0.3) is 0 Å². The van der Waals surface area contributed by atoms with Crippen LogP contribution in [0.2, 0.25) is 0 Å². The van der Waals surface area contributed by atoms with Crippen LogP contribution >= 0.6 is 0 Å². The van der Waals surface area contributed by atoms with E-state index in [4.69, 9.17) is 5.73 Å². The fourth-order valence-electron chi connectivity index (χ4n) is 2.50. The SMILES string of the molecule is Nc1ncnc2c1nc(C1=CC=CC=CN1)n2C1=CC=CC=CN1. The van der Waals surface area contributed by atoms with E-state index in [1.54, 1.807) is 0 Å². The summed E-state index contributed by atoms with van der Waals surface area (Å²) in [6.07, 6.45) is 20.6. The fourth-order valence-corrected chi connectivity index (χ4v) is 2.50. The Hall–Kier alpha value is -3.61. The molecule has 24 heavy (non-hydrogen) atoms. The van der Waals surface area contributed by atoms with E-state index >= 15 is 0 Å². The largest absolute Gasteiger partial charge is 0.382 e. The van der Waals surface area contributed by atoms with E-state index in [2.05, 4.69) is 25.6 Å². The highest BCUT2D eigenvalue weighted by molar-refractivity contribution is 5.87. The van der Waals surface area contributed by atoms with Crippen molar-refractivity contribution in [3.63, 3.8) is 0 Å². The summed E-state index contributed by atoms with van der Waals surface area (Å²) in [5.74, 6) is 1.85. The molecule has 0 aromatic carbocycles. The lowest BCUT2D eigenvalue weighted by atomic mass is 10.3. The molecule has 0 amide bonds. The molecule has 0 radical (unpaired) electrons. The minimum Gasteiger partial charge on any atom is -0.382 e. The predicted molar refractivity (Wildman–Crippen MR) is 94.8 cm³/mol. The number of imidazole rings is 1. The van der Waals surface area contributed by atoms with Crippen LogP contribution in [-0.2, 0) is 0 Å². The number of nitrogens with zero attached hydrogens (tertiary/aromatic N) is 4. The number of allylic oxidation sites excluding steroid dienone is 8. The van der Waals surface area contributed by atoms with Crippen LogP contribution in [0, 0.1) is 0 Å². The van der Waals surface area contributed by atoms with Gasteiger partial charge in [-0.25, -0.2) is 15.0 Å². The van der Waals surface area contributed by atoms with E-state index < -0.39 is 0 Å². The van der Waals surface area contributed by atoms with Crippen LogP contribution in [0.4, 0.5) is 5.82 Å². The molecule has 118 valence electrons. The van der Waals surface area contributed by atoms with Crippen molar-refractivity contribution >= 4 is 28.5 Å². The van der Waals surface area contributed by atoms with Crippen LogP contribution < -0.4 is 16.4 Å². The number of hydrogen-bond donors (Lipinski definition) is 3. The molecule has 0 unspecified atom stereocenters. The van der Waals surface area contributed by atoms with Crippen molar-refractivity contribution < 1.29 is 0 Å². The van der Waals surface area contributed by atoms with Crippen LogP contribution in [0.3, 0.4) is 0 Å². The van der Waals surface area contributed by atoms with Gasteiger partial charge in [-0.15, -0.1) is 0 Å². The zero-order chi connectivity index (χ0) is 16.4. The molecular formula is C17H15N7. The molecule has 0 saturated heterocycles. The summed E-state index contributed by atoms with van der Waals surface area (Å²) in [7, 11) is 0. The van der Waals surface area contributed by atoms with Crippen molar-refractivity contribution in [3.8, 4) is 0 Å². The number of nitrogens with two attached hydrogens (primary N) is 1. The van der Waals surface area contributed by atoms with Gasteiger partial charge in [-0.3, -0.25) is 4.57 Å². The minimum absolute atomic E-state index is 0.348. The summed E-state index contributed by atoms with van der Waals surface area (Å²) in [4.78, 5) is 13.1. The topological polar surface area (TPSA) is 93.7 Å². The Labute approximate surface area is 138 Å². The van der Waals surface area contributed by atoms with Crippen molar-refractivity contribution in [1.29, 1.82) is 0 Å². The molecule has 4 N–H and O–H groups in total. The summed E-state index contributed by atoms with van der Waals surface area (Å²) >= 11 is 0. The van der Waals surface area contributed by atoms with E-state index in [1.807, 2.05) is 65.6 Å². The van der Waals surface area contributed by atoms with E-state index in [0.29, 0.717) is 22.8 Å². The summed E-state index contributed by atoms with van der Waals surface area (Å²) < 4.78 is 1.92. The highest BCUT2D eigenvalue weighted by atomic mass is 15.2. The molecular weight excluding hydrogens is 302 g/mol. The third kappa shape index (κ3) is 2.38. The summed E-state index contributed by atoms with van der Waals surface area (Å²) in [5, 5.41) is 6.47. The fraction of sp³-hybridized carbons (Fsp3) is 0. The lowest BCUT2D eigenvalue weighted by molar-refractivity contribution is 0.958. The molecule has 0 fully saturated rings. The number of nitrogen functional groups attached to an aromatic ring is 1. The van der Waals surface area contributed by atoms with Gasteiger partial charge in [-0.05, 0) is 24.3 Å². The maximum atomic E-state index is 6.00. The van der Waals surface area contributed by atoms with Crippen LogP contribution in [0.25, 0.3) is 22.7 Å². The van der Waals surface area contributed by atoms with Gasteiger partial charge < -0.3 is 16.4 Å².